The van der Waals surface area contributed by atoms with Gasteiger partial charge >= 0.3 is 0 Å². The van der Waals surface area contributed by atoms with E-state index in [1.807, 2.05) is 6.92 Å². The summed E-state index contributed by atoms with van der Waals surface area (Å²) in [5.74, 6) is 2.13. The number of nitrogens with one attached hydrogen (secondary N) is 2. The summed E-state index contributed by atoms with van der Waals surface area (Å²) < 4.78 is 5.12. The topological polar surface area (TPSA) is 78.6 Å². The second kappa shape index (κ2) is 9.33. The summed E-state index contributed by atoms with van der Waals surface area (Å²) in [5.41, 5.74) is 1.37. The third-order valence-corrected chi connectivity index (χ3v) is 4.66. The van der Waals surface area contributed by atoms with Crippen LogP contribution in [0.15, 0.2) is 39.8 Å². The van der Waals surface area contributed by atoms with Crippen molar-refractivity contribution in [3.8, 4) is 0 Å². The Kier molecular flexibility index (Phi) is 6.60. The van der Waals surface area contributed by atoms with Crippen LogP contribution in [0.4, 0.5) is 0 Å². The molecule has 1 aromatic carbocycles. The van der Waals surface area contributed by atoms with Crippen LogP contribution in [0.3, 0.4) is 0 Å². The molecule has 7 heteroatoms. The van der Waals surface area contributed by atoms with Crippen LogP contribution in [0, 0.1) is 6.92 Å². The summed E-state index contributed by atoms with van der Waals surface area (Å²) in [5, 5.41) is 10.6. The van der Waals surface area contributed by atoms with E-state index in [1.165, 1.54) is 18.4 Å². The molecule has 0 bridgehead atoms. The van der Waals surface area contributed by atoms with Gasteiger partial charge in [0.15, 0.2) is 11.8 Å². The Labute approximate surface area is 154 Å². The molecule has 1 atom stereocenters. The maximum absolute atomic E-state index is 5.12. The Hall–Kier alpha value is -2.41. The van der Waals surface area contributed by atoms with Crippen LogP contribution in [0.2, 0.25) is 0 Å². The van der Waals surface area contributed by atoms with Gasteiger partial charge in [0.25, 0.3) is 0 Å². The lowest BCUT2D eigenvalue weighted by Crippen LogP contribution is -2.45. The van der Waals surface area contributed by atoms with Gasteiger partial charge in [0.2, 0.25) is 5.89 Å². The van der Waals surface area contributed by atoms with E-state index in [0.717, 1.165) is 25.6 Å². The molecule has 0 radical (unpaired) electrons. The number of hydrogen-bond donors (Lipinski definition) is 2. The first-order chi connectivity index (χ1) is 12.7. The lowest BCUT2D eigenvalue weighted by molar-refractivity contribution is 0.245. The maximum atomic E-state index is 5.12. The van der Waals surface area contributed by atoms with E-state index in [-0.39, 0.29) is 0 Å². The van der Waals surface area contributed by atoms with Crippen molar-refractivity contribution < 1.29 is 4.52 Å². The number of aliphatic imine (C=N–C) groups is 1. The number of nitrogens with zero attached hydrogens (tertiary/aromatic N) is 4. The Morgan fingerprint density at radius 2 is 2.15 bits per heavy atom. The highest BCUT2D eigenvalue weighted by molar-refractivity contribution is 5.79. The predicted molar refractivity (Wildman–Crippen MR) is 102 cm³/mol. The highest BCUT2D eigenvalue weighted by Gasteiger charge is 2.24. The van der Waals surface area contributed by atoms with Crippen molar-refractivity contribution in [2.24, 2.45) is 4.99 Å². The van der Waals surface area contributed by atoms with Crippen molar-refractivity contribution in [3.05, 3.63) is 47.6 Å². The molecule has 2 aromatic rings. The summed E-state index contributed by atoms with van der Waals surface area (Å²) in [4.78, 5) is 11.1. The van der Waals surface area contributed by atoms with Crippen molar-refractivity contribution in [2.45, 2.75) is 38.8 Å². The van der Waals surface area contributed by atoms with Crippen LogP contribution in [0.5, 0.6) is 0 Å². The molecule has 1 aliphatic heterocycles. The van der Waals surface area contributed by atoms with Gasteiger partial charge in [-0.15, -0.1) is 0 Å². The van der Waals surface area contributed by atoms with Gasteiger partial charge < -0.3 is 15.2 Å². The van der Waals surface area contributed by atoms with Gasteiger partial charge in [0.1, 0.15) is 0 Å². The second-order valence-corrected chi connectivity index (χ2v) is 6.62. The Morgan fingerprint density at radius 1 is 1.31 bits per heavy atom. The highest BCUT2D eigenvalue weighted by Crippen LogP contribution is 2.19. The van der Waals surface area contributed by atoms with E-state index in [1.54, 1.807) is 7.05 Å². The molecular formula is C19H28N6O. The van der Waals surface area contributed by atoms with Gasteiger partial charge in [-0.25, -0.2) is 0 Å². The molecule has 7 nitrogen and oxygen atoms in total. The maximum Gasteiger partial charge on any atom is 0.228 e. The molecule has 0 saturated carbocycles. The summed E-state index contributed by atoms with van der Waals surface area (Å²) in [7, 11) is 1.79. The fraction of sp³-hybridized carbons (Fsp3) is 0.526. The fourth-order valence-electron chi connectivity index (χ4n) is 3.32. The second-order valence-electron chi connectivity index (χ2n) is 6.62. The number of aryl methyl sites for hydroxylation is 1. The Bertz CT molecular complexity index is 699. The molecule has 0 aliphatic carbocycles. The van der Waals surface area contributed by atoms with Gasteiger partial charge in [-0.1, -0.05) is 35.5 Å². The van der Waals surface area contributed by atoms with Crippen LogP contribution in [-0.2, 0) is 13.0 Å². The number of rotatable bonds is 7. The zero-order valence-electron chi connectivity index (χ0n) is 15.6. The molecule has 1 saturated heterocycles. The third kappa shape index (κ3) is 5.29. The van der Waals surface area contributed by atoms with E-state index in [0.29, 0.717) is 30.7 Å². The molecule has 3 rings (SSSR count). The molecule has 2 N–H and O–H groups in total. The van der Waals surface area contributed by atoms with Gasteiger partial charge in [-0.2, -0.15) is 4.98 Å². The summed E-state index contributed by atoms with van der Waals surface area (Å²) in [6, 6.07) is 11.2. The Morgan fingerprint density at radius 3 is 2.88 bits per heavy atom. The SMILES string of the molecule is CN=C(NCCc1nc(C)no1)NCC1CCCN1Cc1ccccc1. The number of hydrogen-bond acceptors (Lipinski definition) is 5. The summed E-state index contributed by atoms with van der Waals surface area (Å²) in [6.45, 7) is 5.59. The predicted octanol–water partition coefficient (Wildman–Crippen LogP) is 1.75. The van der Waals surface area contributed by atoms with E-state index in [9.17, 15) is 0 Å². The van der Waals surface area contributed by atoms with Crippen molar-refractivity contribution in [1.82, 2.24) is 25.7 Å². The first-order valence-corrected chi connectivity index (χ1v) is 9.26. The van der Waals surface area contributed by atoms with Gasteiger partial charge in [0, 0.05) is 39.1 Å². The average Bonchev–Trinajstić information content (AvgIpc) is 3.27. The summed E-state index contributed by atoms with van der Waals surface area (Å²) in [6.07, 6.45) is 3.16. The molecule has 1 unspecified atom stereocenters. The van der Waals surface area contributed by atoms with Gasteiger partial charge in [-0.05, 0) is 31.9 Å². The van der Waals surface area contributed by atoms with Crippen molar-refractivity contribution in [2.75, 3.05) is 26.7 Å². The average molecular weight is 356 g/mol. The monoisotopic (exact) mass is 356 g/mol. The lowest BCUT2D eigenvalue weighted by atomic mass is 10.2. The minimum atomic E-state index is 0.535. The molecular weight excluding hydrogens is 328 g/mol. The standard InChI is InChI=1S/C19H28N6O/c1-15-23-18(26-24-15)10-11-21-19(20-2)22-13-17-9-6-12-25(17)14-16-7-4-3-5-8-16/h3-5,7-8,17H,6,9-14H2,1-2H3,(H2,20,21,22). The highest BCUT2D eigenvalue weighted by atomic mass is 16.5. The van der Waals surface area contributed by atoms with E-state index in [2.05, 4.69) is 61.0 Å². The van der Waals surface area contributed by atoms with Crippen LogP contribution in [-0.4, -0.2) is 53.7 Å². The molecule has 26 heavy (non-hydrogen) atoms. The minimum Gasteiger partial charge on any atom is -0.356 e. The van der Waals surface area contributed by atoms with E-state index in [4.69, 9.17) is 4.52 Å². The smallest absolute Gasteiger partial charge is 0.228 e. The van der Waals surface area contributed by atoms with Crippen molar-refractivity contribution >= 4 is 5.96 Å². The quantitative estimate of drug-likeness (QED) is 0.581. The number of aromatic nitrogens is 2. The van der Waals surface area contributed by atoms with Gasteiger partial charge in [-0.3, -0.25) is 9.89 Å². The zero-order chi connectivity index (χ0) is 18.2. The molecule has 1 fully saturated rings. The number of benzene rings is 1. The normalized spacial score (nSPS) is 18.2. The van der Waals surface area contributed by atoms with Crippen LogP contribution in [0.1, 0.15) is 30.1 Å². The molecule has 0 amide bonds. The molecule has 2 heterocycles. The first-order valence-electron chi connectivity index (χ1n) is 9.26. The number of likely N-dealkylation sites (tertiary alicyclic amines) is 1. The first kappa shape index (κ1) is 18.4. The van der Waals surface area contributed by atoms with Crippen molar-refractivity contribution in [3.63, 3.8) is 0 Å². The lowest BCUT2D eigenvalue weighted by Gasteiger charge is -2.25. The molecule has 0 spiro atoms. The summed E-state index contributed by atoms with van der Waals surface area (Å²) >= 11 is 0. The van der Waals surface area contributed by atoms with Crippen molar-refractivity contribution in [1.29, 1.82) is 0 Å². The molecule has 140 valence electrons. The fourth-order valence-corrected chi connectivity index (χ4v) is 3.32. The molecule has 1 aliphatic rings. The largest absolute Gasteiger partial charge is 0.356 e. The minimum absolute atomic E-state index is 0.535. The third-order valence-electron chi connectivity index (χ3n) is 4.66. The molecule has 1 aromatic heterocycles. The van der Waals surface area contributed by atoms with Crippen LogP contribution < -0.4 is 10.6 Å². The zero-order valence-corrected chi connectivity index (χ0v) is 15.6. The van der Waals surface area contributed by atoms with E-state index < -0.39 is 0 Å². The van der Waals surface area contributed by atoms with E-state index >= 15 is 0 Å². The number of guanidine groups is 1. The van der Waals surface area contributed by atoms with Gasteiger partial charge in [0.05, 0.1) is 0 Å². The van der Waals surface area contributed by atoms with Crippen LogP contribution in [0.25, 0.3) is 0 Å². The van der Waals surface area contributed by atoms with Crippen LogP contribution >= 0.6 is 0 Å². The Balaban J connectivity index is 1.42.